The molecule has 0 spiro atoms. The molecule has 1 aromatic rings. The van der Waals surface area contributed by atoms with E-state index in [0.29, 0.717) is 0 Å². The van der Waals surface area contributed by atoms with Gasteiger partial charge in [-0.25, -0.2) is 0 Å². The van der Waals surface area contributed by atoms with Crippen LogP contribution in [0.3, 0.4) is 0 Å². The van der Waals surface area contributed by atoms with Crippen LogP contribution in [0.5, 0.6) is 0 Å². The molecule has 3 rings (SSSR count). The molecule has 4 atom stereocenters. The normalized spacial score (nSPS) is 28.7. The molecule has 2 fully saturated rings. The van der Waals surface area contributed by atoms with E-state index in [0.717, 1.165) is 42.7 Å². The van der Waals surface area contributed by atoms with Crippen LogP contribution >= 0.6 is 95.8 Å². The Morgan fingerprint density at radius 1 is 0.769 bits per heavy atom. The third-order valence-corrected chi connectivity index (χ3v) is 15.1. The Labute approximate surface area is 195 Å². The van der Waals surface area contributed by atoms with E-state index in [1.54, 1.807) is 0 Å². The molecule has 0 radical (unpaired) electrons. The summed E-state index contributed by atoms with van der Waals surface area (Å²) in [6.45, 7) is 0. The van der Waals surface area contributed by atoms with Crippen molar-refractivity contribution >= 4 is 95.8 Å². The Balaban J connectivity index is 1.29. The molecule has 26 heavy (non-hydrogen) atoms. The molecule has 0 aliphatic carbocycles. The highest BCUT2D eigenvalue weighted by Gasteiger charge is 2.25. The van der Waals surface area contributed by atoms with Gasteiger partial charge in [0.2, 0.25) is 0 Å². The Morgan fingerprint density at radius 3 is 1.54 bits per heavy atom. The minimum atomic E-state index is 0.760. The number of thiol groups is 2. The minimum absolute atomic E-state index is 0.760. The molecule has 0 saturated carbocycles. The van der Waals surface area contributed by atoms with E-state index >= 15 is 0 Å². The summed E-state index contributed by atoms with van der Waals surface area (Å²) in [5.41, 5.74) is 2.92. The summed E-state index contributed by atoms with van der Waals surface area (Å²) in [6, 6.07) is 9.30. The zero-order chi connectivity index (χ0) is 18.2. The maximum atomic E-state index is 4.42. The summed E-state index contributed by atoms with van der Waals surface area (Å²) in [7, 11) is 0. The van der Waals surface area contributed by atoms with E-state index in [1.165, 1.54) is 34.1 Å². The van der Waals surface area contributed by atoms with Gasteiger partial charge in [-0.05, 0) is 11.1 Å². The molecule has 0 amide bonds. The second-order valence-corrected chi connectivity index (χ2v) is 15.1. The average molecular weight is 499 g/mol. The van der Waals surface area contributed by atoms with Crippen molar-refractivity contribution in [2.24, 2.45) is 0 Å². The monoisotopic (exact) mass is 498 g/mol. The fourth-order valence-corrected chi connectivity index (χ4v) is 13.1. The summed E-state index contributed by atoms with van der Waals surface area (Å²) in [6.07, 6.45) is 0. The van der Waals surface area contributed by atoms with Gasteiger partial charge >= 0.3 is 0 Å². The van der Waals surface area contributed by atoms with E-state index in [9.17, 15) is 0 Å². The summed E-state index contributed by atoms with van der Waals surface area (Å²) >= 11 is 21.5. The van der Waals surface area contributed by atoms with Crippen LogP contribution in [0.2, 0.25) is 0 Å². The lowest BCUT2D eigenvalue weighted by Gasteiger charge is -2.10. The zero-order valence-electron chi connectivity index (χ0n) is 14.6. The van der Waals surface area contributed by atoms with Gasteiger partial charge in [0.15, 0.2) is 0 Å². The standard InChI is InChI=1S/C18H26S8/c19-5-15-9-23-17(25-15)11-21-7-13-1-2-14(4-3-13)8-22-12-18-24-10-16(6-20)26-18/h1-4,15-20H,5-12H2. The molecular formula is C18H26S8. The smallest absolute Gasteiger partial charge is 0.0596 e. The lowest BCUT2D eigenvalue weighted by atomic mass is 10.2. The highest BCUT2D eigenvalue weighted by Crippen LogP contribution is 2.41. The van der Waals surface area contributed by atoms with Gasteiger partial charge < -0.3 is 0 Å². The van der Waals surface area contributed by atoms with Crippen molar-refractivity contribution in [3.05, 3.63) is 35.4 Å². The molecule has 2 aliphatic heterocycles. The highest BCUT2D eigenvalue weighted by atomic mass is 32.2. The SMILES string of the molecule is SCC1CSC(CSCc2ccc(CSCC3SCC(CS)S3)cc2)S1. The van der Waals surface area contributed by atoms with E-state index in [4.69, 9.17) is 0 Å². The number of rotatable bonds is 10. The number of hydrogen-bond donors (Lipinski definition) is 2. The molecule has 1 aromatic carbocycles. The van der Waals surface area contributed by atoms with E-state index in [1.807, 2.05) is 0 Å². The summed E-state index contributed by atoms with van der Waals surface area (Å²) in [5.74, 6) is 9.37. The lowest BCUT2D eigenvalue weighted by molar-refractivity contribution is 1.17. The Bertz CT molecular complexity index is 475. The largest absolute Gasteiger partial charge is 0.178 e. The van der Waals surface area contributed by atoms with Crippen molar-refractivity contribution in [2.45, 2.75) is 31.2 Å². The maximum Gasteiger partial charge on any atom is 0.0596 e. The predicted octanol–water partition coefficient (Wildman–Crippen LogP) is 6.36. The average Bonchev–Trinajstić information content (AvgIpc) is 3.32. The quantitative estimate of drug-likeness (QED) is 0.358. The van der Waals surface area contributed by atoms with Crippen molar-refractivity contribution in [3.63, 3.8) is 0 Å². The maximum absolute atomic E-state index is 4.42. The van der Waals surface area contributed by atoms with Gasteiger partial charge in [0.05, 0.1) is 9.16 Å². The topological polar surface area (TPSA) is 0 Å². The van der Waals surface area contributed by atoms with Crippen LogP contribution in [-0.2, 0) is 11.5 Å². The third-order valence-electron chi connectivity index (χ3n) is 4.10. The molecule has 0 nitrogen and oxygen atoms in total. The second-order valence-electron chi connectivity index (χ2n) is 6.25. The van der Waals surface area contributed by atoms with Crippen molar-refractivity contribution in [3.8, 4) is 0 Å². The van der Waals surface area contributed by atoms with E-state index in [-0.39, 0.29) is 0 Å². The molecule has 2 saturated heterocycles. The molecule has 4 unspecified atom stereocenters. The molecule has 0 bridgehead atoms. The van der Waals surface area contributed by atoms with Crippen molar-refractivity contribution in [2.75, 3.05) is 34.5 Å². The predicted molar refractivity (Wildman–Crippen MR) is 142 cm³/mol. The molecule has 0 aromatic heterocycles. The Hall–Kier alpha value is 2.02. The fourth-order valence-electron chi connectivity index (χ4n) is 2.66. The summed E-state index contributed by atoms with van der Waals surface area (Å²) in [4.78, 5) is 0. The molecule has 2 heterocycles. The first kappa shape index (κ1) is 22.7. The van der Waals surface area contributed by atoms with Crippen LogP contribution in [0.4, 0.5) is 0 Å². The first-order valence-corrected chi connectivity index (χ1v) is 16.3. The summed E-state index contributed by atoms with van der Waals surface area (Å²) in [5, 5.41) is 1.52. The van der Waals surface area contributed by atoms with Gasteiger partial charge in [-0.15, -0.1) is 47.0 Å². The van der Waals surface area contributed by atoms with Crippen molar-refractivity contribution < 1.29 is 0 Å². The van der Waals surface area contributed by atoms with E-state index in [2.05, 4.69) is 120 Å². The van der Waals surface area contributed by atoms with Gasteiger partial charge in [0, 0.05) is 56.5 Å². The van der Waals surface area contributed by atoms with Crippen molar-refractivity contribution in [1.82, 2.24) is 0 Å². The van der Waals surface area contributed by atoms with Crippen LogP contribution in [0, 0.1) is 0 Å². The minimum Gasteiger partial charge on any atom is -0.178 e. The molecule has 0 N–H and O–H groups in total. The number of hydrogen-bond acceptors (Lipinski definition) is 8. The number of thioether (sulfide) groups is 6. The van der Waals surface area contributed by atoms with Crippen LogP contribution in [0.15, 0.2) is 24.3 Å². The molecule has 2 aliphatic rings. The van der Waals surface area contributed by atoms with Gasteiger partial charge in [-0.3, -0.25) is 0 Å². The van der Waals surface area contributed by atoms with Gasteiger partial charge in [0.25, 0.3) is 0 Å². The zero-order valence-corrected chi connectivity index (χ0v) is 21.3. The molecule has 8 heteroatoms. The first-order chi connectivity index (χ1) is 12.8. The van der Waals surface area contributed by atoms with Gasteiger partial charge in [-0.1, -0.05) is 24.3 Å². The molecule has 146 valence electrons. The fraction of sp³-hybridized carbons (Fsp3) is 0.667. The van der Waals surface area contributed by atoms with Crippen LogP contribution in [-0.4, -0.2) is 54.2 Å². The van der Waals surface area contributed by atoms with Gasteiger partial charge in [-0.2, -0.15) is 48.8 Å². The number of benzene rings is 1. The lowest BCUT2D eigenvalue weighted by Crippen LogP contribution is -2.03. The van der Waals surface area contributed by atoms with Crippen LogP contribution in [0.1, 0.15) is 11.1 Å². The van der Waals surface area contributed by atoms with E-state index < -0.39 is 0 Å². The second kappa shape index (κ2) is 12.7. The van der Waals surface area contributed by atoms with Crippen molar-refractivity contribution in [1.29, 1.82) is 0 Å². The highest BCUT2D eigenvalue weighted by molar-refractivity contribution is 8.22. The first-order valence-electron chi connectivity index (χ1n) is 8.76. The van der Waals surface area contributed by atoms with Crippen LogP contribution < -0.4 is 0 Å². The third kappa shape index (κ3) is 7.69. The molecular weight excluding hydrogens is 473 g/mol. The van der Waals surface area contributed by atoms with Crippen LogP contribution in [0.25, 0.3) is 0 Å². The summed E-state index contributed by atoms with van der Waals surface area (Å²) < 4.78 is 1.53. The Morgan fingerprint density at radius 2 is 1.19 bits per heavy atom. The Kier molecular flexibility index (Phi) is 11.0. The van der Waals surface area contributed by atoms with Gasteiger partial charge in [0.1, 0.15) is 0 Å².